The first-order valence-corrected chi connectivity index (χ1v) is 4.86. The smallest absolute Gasteiger partial charge is 0.330 e. The molecule has 15 heavy (non-hydrogen) atoms. The predicted molar refractivity (Wildman–Crippen MR) is 54.7 cm³/mol. The van der Waals surface area contributed by atoms with Gasteiger partial charge in [0.25, 0.3) is 5.56 Å². The van der Waals surface area contributed by atoms with Crippen LogP contribution < -0.4 is 11.2 Å². The van der Waals surface area contributed by atoms with Crippen molar-refractivity contribution in [3.8, 4) is 0 Å². The number of nitrogens with zero attached hydrogens (tertiary/aromatic N) is 1. The maximum atomic E-state index is 11.4. The van der Waals surface area contributed by atoms with Crippen LogP contribution in [-0.2, 0) is 4.74 Å². The number of rotatable bonds is 2. The molecule has 0 radical (unpaired) electrons. The van der Waals surface area contributed by atoms with Crippen molar-refractivity contribution in [1.82, 2.24) is 9.55 Å². The van der Waals surface area contributed by atoms with E-state index in [0.29, 0.717) is 0 Å². The van der Waals surface area contributed by atoms with Gasteiger partial charge in [-0.25, -0.2) is 4.79 Å². The Hall–Kier alpha value is -1.62. The minimum atomic E-state index is -0.450. The van der Waals surface area contributed by atoms with Crippen LogP contribution >= 0.6 is 0 Å². The lowest BCUT2D eigenvalue weighted by molar-refractivity contribution is 0.0141. The van der Waals surface area contributed by atoms with Crippen LogP contribution in [0.2, 0.25) is 0 Å². The average molecular weight is 208 g/mol. The molecule has 1 aromatic heterocycles. The number of aromatic nitrogens is 2. The van der Waals surface area contributed by atoms with E-state index in [1.165, 1.54) is 16.8 Å². The van der Waals surface area contributed by atoms with Crippen LogP contribution in [0.1, 0.15) is 19.6 Å². The van der Waals surface area contributed by atoms with Crippen LogP contribution in [0.25, 0.3) is 0 Å². The Bertz CT molecular complexity index is 486. The molecule has 1 aromatic rings. The molecule has 0 fully saturated rings. The van der Waals surface area contributed by atoms with Crippen LogP contribution in [0, 0.1) is 0 Å². The quantitative estimate of drug-likeness (QED) is 0.715. The topological polar surface area (TPSA) is 64.1 Å². The summed E-state index contributed by atoms with van der Waals surface area (Å²) in [6, 6.07) is 1.30. The molecule has 0 aromatic carbocycles. The van der Waals surface area contributed by atoms with E-state index < -0.39 is 17.5 Å². The van der Waals surface area contributed by atoms with Gasteiger partial charge in [0.15, 0.2) is 6.23 Å². The molecule has 2 atom stereocenters. The van der Waals surface area contributed by atoms with Gasteiger partial charge >= 0.3 is 5.69 Å². The third-order valence-corrected chi connectivity index (χ3v) is 2.33. The second kappa shape index (κ2) is 3.86. The summed E-state index contributed by atoms with van der Waals surface area (Å²) in [5.74, 6) is 0. The predicted octanol–water partition coefficient (Wildman–Crippen LogP) is 0.400. The van der Waals surface area contributed by atoms with Gasteiger partial charge in [0.1, 0.15) is 0 Å². The van der Waals surface area contributed by atoms with Gasteiger partial charge in [-0.2, -0.15) is 0 Å². The maximum Gasteiger partial charge on any atom is 0.330 e. The van der Waals surface area contributed by atoms with Crippen molar-refractivity contribution in [2.24, 2.45) is 0 Å². The van der Waals surface area contributed by atoms with Crippen molar-refractivity contribution in [2.75, 3.05) is 0 Å². The van der Waals surface area contributed by atoms with Gasteiger partial charge in [-0.1, -0.05) is 13.0 Å². The van der Waals surface area contributed by atoms with Crippen molar-refractivity contribution in [3.63, 3.8) is 0 Å². The molecule has 5 nitrogen and oxygen atoms in total. The van der Waals surface area contributed by atoms with Crippen molar-refractivity contribution in [2.45, 2.75) is 25.7 Å². The van der Waals surface area contributed by atoms with Crippen molar-refractivity contribution in [1.29, 1.82) is 0 Å². The Morgan fingerprint density at radius 2 is 2.27 bits per heavy atom. The summed E-state index contributed by atoms with van der Waals surface area (Å²) >= 11 is 0. The molecule has 0 bridgehead atoms. The van der Waals surface area contributed by atoms with E-state index in [4.69, 9.17) is 4.74 Å². The zero-order valence-corrected chi connectivity index (χ0v) is 8.34. The van der Waals surface area contributed by atoms with Crippen LogP contribution in [-0.4, -0.2) is 15.7 Å². The van der Waals surface area contributed by atoms with Gasteiger partial charge < -0.3 is 4.74 Å². The highest BCUT2D eigenvalue weighted by molar-refractivity contribution is 5.01. The van der Waals surface area contributed by atoms with Crippen LogP contribution in [0.4, 0.5) is 0 Å². The second-order valence-electron chi connectivity index (χ2n) is 3.38. The van der Waals surface area contributed by atoms with Crippen molar-refractivity contribution < 1.29 is 4.74 Å². The van der Waals surface area contributed by atoms with E-state index in [1.54, 1.807) is 0 Å². The molecule has 80 valence electrons. The summed E-state index contributed by atoms with van der Waals surface area (Å²) in [6.07, 6.45) is 5.68. The molecular formula is C10H12N2O3. The molecule has 0 spiro atoms. The van der Waals surface area contributed by atoms with Gasteiger partial charge in [-0.3, -0.25) is 14.3 Å². The highest BCUT2D eigenvalue weighted by Crippen LogP contribution is 2.20. The number of hydrogen-bond donors (Lipinski definition) is 1. The monoisotopic (exact) mass is 208 g/mol. The standard InChI is InChI=1S/C10H12N2O3/c1-2-7-3-4-9(15-7)12-6-5-8(13)11-10(12)14/h3-7,9H,2H2,1H3,(H,11,13,14). The molecule has 2 rings (SSSR count). The third kappa shape index (κ3) is 1.92. The molecule has 1 aliphatic heterocycles. The van der Waals surface area contributed by atoms with Crippen LogP contribution in [0.5, 0.6) is 0 Å². The molecule has 0 saturated heterocycles. The van der Waals surface area contributed by atoms with Gasteiger partial charge in [0.2, 0.25) is 0 Å². The summed E-state index contributed by atoms with van der Waals surface area (Å²) in [5, 5.41) is 0. The minimum Gasteiger partial charge on any atom is -0.347 e. The lowest BCUT2D eigenvalue weighted by Gasteiger charge is -2.14. The zero-order valence-electron chi connectivity index (χ0n) is 8.34. The molecule has 5 heteroatoms. The molecule has 0 aliphatic carbocycles. The summed E-state index contributed by atoms with van der Waals surface area (Å²) in [5.41, 5.74) is -0.848. The fourth-order valence-electron chi connectivity index (χ4n) is 1.51. The fraction of sp³-hybridized carbons (Fsp3) is 0.400. The lowest BCUT2D eigenvalue weighted by atomic mass is 10.3. The zero-order chi connectivity index (χ0) is 10.8. The summed E-state index contributed by atoms with van der Waals surface area (Å²) in [4.78, 5) is 24.5. The van der Waals surface area contributed by atoms with Gasteiger partial charge in [-0.15, -0.1) is 0 Å². The normalized spacial score (nSPS) is 24.6. The molecule has 0 amide bonds. The Labute approximate surface area is 86.0 Å². The van der Waals surface area contributed by atoms with E-state index in [2.05, 4.69) is 4.98 Å². The number of hydrogen-bond acceptors (Lipinski definition) is 3. The number of nitrogens with one attached hydrogen (secondary N) is 1. The maximum absolute atomic E-state index is 11.4. The van der Waals surface area contributed by atoms with Gasteiger partial charge in [-0.05, 0) is 12.5 Å². The van der Waals surface area contributed by atoms with Crippen LogP contribution in [0.3, 0.4) is 0 Å². The Morgan fingerprint density at radius 1 is 1.47 bits per heavy atom. The van der Waals surface area contributed by atoms with Crippen molar-refractivity contribution in [3.05, 3.63) is 45.3 Å². The largest absolute Gasteiger partial charge is 0.347 e. The molecular weight excluding hydrogens is 196 g/mol. The second-order valence-corrected chi connectivity index (χ2v) is 3.38. The summed E-state index contributed by atoms with van der Waals surface area (Å²) in [7, 11) is 0. The molecule has 1 aliphatic rings. The highest BCUT2D eigenvalue weighted by Gasteiger charge is 2.19. The van der Waals surface area contributed by atoms with Crippen molar-refractivity contribution >= 4 is 0 Å². The highest BCUT2D eigenvalue weighted by atomic mass is 16.5. The third-order valence-electron chi connectivity index (χ3n) is 2.33. The number of aromatic amines is 1. The Balaban J connectivity index is 2.29. The molecule has 2 heterocycles. The first-order valence-electron chi connectivity index (χ1n) is 4.86. The molecule has 2 unspecified atom stereocenters. The molecule has 0 saturated carbocycles. The SMILES string of the molecule is CCC1C=CC(n2ccc(=O)[nH]c2=O)O1. The van der Waals surface area contributed by atoms with E-state index in [0.717, 1.165) is 6.42 Å². The number of ether oxygens (including phenoxy) is 1. The minimum absolute atomic E-state index is 0.0498. The first kappa shape index (κ1) is 9.92. The van der Waals surface area contributed by atoms with Gasteiger partial charge in [0, 0.05) is 12.3 Å². The van der Waals surface area contributed by atoms with E-state index >= 15 is 0 Å². The lowest BCUT2D eigenvalue weighted by Crippen LogP contribution is -2.31. The van der Waals surface area contributed by atoms with E-state index in [1.807, 2.05) is 19.1 Å². The van der Waals surface area contributed by atoms with Crippen LogP contribution in [0.15, 0.2) is 34.0 Å². The molecule has 1 N–H and O–H groups in total. The number of H-pyrrole nitrogens is 1. The van der Waals surface area contributed by atoms with E-state index in [-0.39, 0.29) is 6.10 Å². The Kier molecular flexibility index (Phi) is 2.55. The fourth-order valence-corrected chi connectivity index (χ4v) is 1.51. The Morgan fingerprint density at radius 3 is 2.87 bits per heavy atom. The average Bonchev–Trinajstić information content (AvgIpc) is 2.66. The van der Waals surface area contributed by atoms with Gasteiger partial charge in [0.05, 0.1) is 6.10 Å². The summed E-state index contributed by atoms with van der Waals surface area (Å²) < 4.78 is 6.90. The van der Waals surface area contributed by atoms with E-state index in [9.17, 15) is 9.59 Å². The summed E-state index contributed by atoms with van der Waals surface area (Å²) in [6.45, 7) is 2.01. The first-order chi connectivity index (χ1) is 7.20.